The number of hydrogen-bond acceptors (Lipinski definition) is 6. The molecule has 9 heteroatoms. The number of thiophene rings is 1. The highest BCUT2D eigenvalue weighted by Gasteiger charge is 2.16. The van der Waals surface area contributed by atoms with E-state index in [0.717, 1.165) is 27.6 Å². The standard InChI is InChI=1S/C18H20BrN5OS2/c1-4-24-17(12-7-14(11(2)3)26-9-12)22-23-18(24)27-10-16(25)21-15-6-5-13(19)8-20-15/h5-9,11H,4,10H2,1-3H3,(H,20,21,25). The third kappa shape index (κ3) is 4.97. The average Bonchev–Trinajstić information content (AvgIpc) is 3.28. The van der Waals surface area contributed by atoms with Gasteiger partial charge in [-0.15, -0.1) is 21.5 Å². The molecule has 0 saturated heterocycles. The summed E-state index contributed by atoms with van der Waals surface area (Å²) < 4.78 is 2.91. The monoisotopic (exact) mass is 465 g/mol. The third-order valence-electron chi connectivity index (χ3n) is 3.81. The van der Waals surface area contributed by atoms with Gasteiger partial charge in [0.1, 0.15) is 5.82 Å². The summed E-state index contributed by atoms with van der Waals surface area (Å²) in [6.45, 7) is 7.16. The number of pyridine rings is 1. The van der Waals surface area contributed by atoms with E-state index in [1.807, 2.05) is 10.6 Å². The number of carbonyl (C=O) groups excluding carboxylic acids is 1. The summed E-state index contributed by atoms with van der Waals surface area (Å²) in [5.74, 6) is 1.99. The van der Waals surface area contributed by atoms with E-state index >= 15 is 0 Å². The summed E-state index contributed by atoms with van der Waals surface area (Å²) in [5.41, 5.74) is 1.08. The number of anilines is 1. The molecule has 1 N–H and O–H groups in total. The van der Waals surface area contributed by atoms with Gasteiger partial charge in [-0.1, -0.05) is 25.6 Å². The first-order valence-corrected chi connectivity index (χ1v) is 11.2. The molecule has 3 aromatic rings. The van der Waals surface area contributed by atoms with Crippen molar-refractivity contribution < 1.29 is 4.79 Å². The number of nitrogens with one attached hydrogen (secondary N) is 1. The van der Waals surface area contributed by atoms with Crippen LogP contribution in [-0.2, 0) is 11.3 Å². The first-order valence-electron chi connectivity index (χ1n) is 8.54. The van der Waals surface area contributed by atoms with Gasteiger partial charge in [-0.05, 0) is 47.0 Å². The minimum absolute atomic E-state index is 0.125. The predicted molar refractivity (Wildman–Crippen MR) is 114 cm³/mol. The van der Waals surface area contributed by atoms with Crippen LogP contribution in [0.1, 0.15) is 31.6 Å². The van der Waals surface area contributed by atoms with E-state index in [4.69, 9.17) is 0 Å². The van der Waals surface area contributed by atoms with Crippen molar-refractivity contribution in [3.8, 4) is 11.4 Å². The fourth-order valence-electron chi connectivity index (χ4n) is 2.43. The Morgan fingerprint density at radius 2 is 2.19 bits per heavy atom. The highest BCUT2D eigenvalue weighted by atomic mass is 79.9. The van der Waals surface area contributed by atoms with Gasteiger partial charge < -0.3 is 9.88 Å². The number of halogens is 1. The molecule has 1 amide bonds. The Morgan fingerprint density at radius 3 is 2.81 bits per heavy atom. The molecule has 0 fully saturated rings. The maximum Gasteiger partial charge on any atom is 0.236 e. The molecular formula is C18H20BrN5OS2. The fourth-order valence-corrected chi connectivity index (χ4v) is 4.37. The summed E-state index contributed by atoms with van der Waals surface area (Å²) in [4.78, 5) is 17.7. The van der Waals surface area contributed by atoms with Gasteiger partial charge in [-0.2, -0.15) is 0 Å². The van der Waals surface area contributed by atoms with Crippen LogP contribution in [0.2, 0.25) is 0 Å². The van der Waals surface area contributed by atoms with Crippen molar-refractivity contribution >= 4 is 50.8 Å². The van der Waals surface area contributed by atoms with Crippen molar-refractivity contribution in [3.63, 3.8) is 0 Å². The third-order valence-corrected chi connectivity index (χ3v) is 6.48. The smallest absolute Gasteiger partial charge is 0.236 e. The summed E-state index contributed by atoms with van der Waals surface area (Å²) in [5, 5.41) is 14.3. The topological polar surface area (TPSA) is 72.7 Å². The Labute approximate surface area is 174 Å². The molecule has 0 aromatic carbocycles. The first-order chi connectivity index (χ1) is 13.0. The number of nitrogens with zero attached hydrogens (tertiary/aromatic N) is 4. The van der Waals surface area contributed by atoms with Crippen LogP contribution in [0.15, 0.2) is 39.4 Å². The first kappa shape index (κ1) is 20.0. The molecule has 0 saturated carbocycles. The van der Waals surface area contributed by atoms with Crippen molar-refractivity contribution in [2.45, 2.75) is 38.4 Å². The summed E-state index contributed by atoms with van der Waals surface area (Å²) in [7, 11) is 0. The maximum atomic E-state index is 12.2. The lowest BCUT2D eigenvalue weighted by molar-refractivity contribution is -0.113. The SMILES string of the molecule is CCn1c(SCC(=O)Nc2ccc(Br)cn2)nnc1-c1csc(C(C)C)c1. The van der Waals surface area contributed by atoms with Crippen LogP contribution in [-0.4, -0.2) is 31.4 Å². The molecule has 0 bridgehead atoms. The number of amides is 1. The number of aromatic nitrogens is 4. The molecule has 3 aromatic heterocycles. The molecular weight excluding hydrogens is 446 g/mol. The molecule has 27 heavy (non-hydrogen) atoms. The normalized spacial score (nSPS) is 11.1. The van der Waals surface area contributed by atoms with E-state index in [0.29, 0.717) is 11.7 Å². The van der Waals surface area contributed by atoms with Crippen LogP contribution in [0.5, 0.6) is 0 Å². The van der Waals surface area contributed by atoms with Gasteiger partial charge in [-0.25, -0.2) is 4.98 Å². The molecule has 0 radical (unpaired) electrons. The highest BCUT2D eigenvalue weighted by molar-refractivity contribution is 9.10. The van der Waals surface area contributed by atoms with Crippen molar-refractivity contribution in [1.82, 2.24) is 19.7 Å². The number of thioether (sulfide) groups is 1. The van der Waals surface area contributed by atoms with E-state index in [1.165, 1.54) is 16.6 Å². The van der Waals surface area contributed by atoms with E-state index in [-0.39, 0.29) is 11.7 Å². The number of hydrogen-bond donors (Lipinski definition) is 1. The van der Waals surface area contributed by atoms with Crippen molar-refractivity contribution in [2.24, 2.45) is 0 Å². The van der Waals surface area contributed by atoms with Crippen molar-refractivity contribution in [1.29, 1.82) is 0 Å². The van der Waals surface area contributed by atoms with E-state index in [9.17, 15) is 4.79 Å². The predicted octanol–water partition coefficient (Wildman–Crippen LogP) is 5.04. The van der Waals surface area contributed by atoms with Crippen LogP contribution in [0.4, 0.5) is 5.82 Å². The van der Waals surface area contributed by atoms with Gasteiger partial charge in [0.25, 0.3) is 0 Å². The molecule has 0 spiro atoms. The zero-order valence-electron chi connectivity index (χ0n) is 15.3. The second kappa shape index (κ2) is 8.99. The molecule has 6 nitrogen and oxygen atoms in total. The van der Waals surface area contributed by atoms with Gasteiger partial charge in [0.05, 0.1) is 5.75 Å². The Morgan fingerprint density at radius 1 is 1.37 bits per heavy atom. The summed E-state index contributed by atoms with van der Waals surface area (Å²) in [6.07, 6.45) is 1.65. The summed E-state index contributed by atoms with van der Waals surface area (Å²) in [6, 6.07) is 5.76. The lowest BCUT2D eigenvalue weighted by Crippen LogP contribution is -2.15. The van der Waals surface area contributed by atoms with Gasteiger partial charge in [-0.3, -0.25) is 4.79 Å². The second-order valence-electron chi connectivity index (χ2n) is 6.14. The molecule has 0 atom stereocenters. The van der Waals surface area contributed by atoms with Gasteiger partial charge in [0.2, 0.25) is 5.91 Å². The zero-order chi connectivity index (χ0) is 19.4. The van der Waals surface area contributed by atoms with E-state index in [2.05, 4.69) is 68.6 Å². The lowest BCUT2D eigenvalue weighted by Gasteiger charge is -2.07. The molecule has 0 aliphatic carbocycles. The number of rotatable bonds is 7. The Hall–Kier alpha value is -1.71. The molecule has 0 aliphatic rings. The van der Waals surface area contributed by atoms with Crippen LogP contribution in [0, 0.1) is 0 Å². The minimum atomic E-state index is -0.125. The van der Waals surface area contributed by atoms with Crippen LogP contribution < -0.4 is 5.32 Å². The fraction of sp³-hybridized carbons (Fsp3) is 0.333. The summed E-state index contributed by atoms with van der Waals surface area (Å²) >= 11 is 6.44. The molecule has 3 rings (SSSR count). The largest absolute Gasteiger partial charge is 0.310 e. The zero-order valence-corrected chi connectivity index (χ0v) is 18.5. The average molecular weight is 466 g/mol. The quantitative estimate of drug-likeness (QED) is 0.494. The van der Waals surface area contributed by atoms with E-state index in [1.54, 1.807) is 23.6 Å². The Balaban J connectivity index is 1.67. The van der Waals surface area contributed by atoms with E-state index < -0.39 is 0 Å². The van der Waals surface area contributed by atoms with Crippen LogP contribution in [0.25, 0.3) is 11.4 Å². The van der Waals surface area contributed by atoms with Gasteiger partial charge in [0, 0.05) is 33.0 Å². The lowest BCUT2D eigenvalue weighted by atomic mass is 10.1. The Kier molecular flexibility index (Phi) is 6.67. The highest BCUT2D eigenvalue weighted by Crippen LogP contribution is 2.31. The van der Waals surface area contributed by atoms with Gasteiger partial charge >= 0.3 is 0 Å². The molecule has 0 aliphatic heterocycles. The second-order valence-corrected chi connectivity index (χ2v) is 8.94. The Bertz CT molecular complexity index is 920. The van der Waals surface area contributed by atoms with Gasteiger partial charge in [0.15, 0.2) is 11.0 Å². The molecule has 0 unspecified atom stereocenters. The van der Waals surface area contributed by atoms with Crippen LogP contribution in [0.3, 0.4) is 0 Å². The van der Waals surface area contributed by atoms with Crippen molar-refractivity contribution in [3.05, 3.63) is 39.1 Å². The van der Waals surface area contributed by atoms with Crippen LogP contribution >= 0.6 is 39.0 Å². The molecule has 3 heterocycles. The maximum absolute atomic E-state index is 12.2. The molecule has 142 valence electrons. The van der Waals surface area contributed by atoms with Crippen molar-refractivity contribution in [2.75, 3.05) is 11.1 Å². The number of carbonyl (C=O) groups is 1. The minimum Gasteiger partial charge on any atom is -0.310 e.